The van der Waals surface area contributed by atoms with Crippen LogP contribution in [0.4, 0.5) is 0 Å². The van der Waals surface area contributed by atoms with Crippen molar-refractivity contribution < 1.29 is 4.74 Å². The Morgan fingerprint density at radius 1 is 1.11 bits per heavy atom. The van der Waals surface area contributed by atoms with Crippen LogP contribution in [0, 0.1) is 25.2 Å². The average Bonchev–Trinajstić information content (AvgIpc) is 3.09. The van der Waals surface area contributed by atoms with Gasteiger partial charge in [-0.05, 0) is 48.4 Å². The lowest BCUT2D eigenvalue weighted by molar-refractivity contribution is 0.357. The number of terminal acetylenes is 1. The minimum absolute atomic E-state index is 0.526. The molecule has 1 atom stereocenters. The maximum absolute atomic E-state index is 5.59. The van der Waals surface area contributed by atoms with Crippen LogP contribution in [0.15, 0.2) is 48.8 Å². The number of pyridine rings is 1. The summed E-state index contributed by atoms with van der Waals surface area (Å²) < 4.78 is 7.64. The second-order valence-electron chi connectivity index (χ2n) is 7.50. The summed E-state index contributed by atoms with van der Waals surface area (Å²) in [7, 11) is 0. The Labute approximate surface area is 169 Å². The van der Waals surface area contributed by atoms with Crippen molar-refractivity contribution >= 4 is 5.65 Å². The van der Waals surface area contributed by atoms with E-state index in [1.54, 1.807) is 5.56 Å². The summed E-state index contributed by atoms with van der Waals surface area (Å²) in [5.41, 5.74) is 5.74. The maximum atomic E-state index is 5.59. The fourth-order valence-electron chi connectivity index (χ4n) is 3.63. The first-order chi connectivity index (χ1) is 13.6. The molecule has 5 rings (SSSR count). The van der Waals surface area contributed by atoms with Gasteiger partial charge in [0, 0.05) is 30.1 Å². The lowest BCUT2D eigenvalue weighted by Crippen LogP contribution is -1.94. The summed E-state index contributed by atoms with van der Waals surface area (Å²) in [5, 5.41) is 0. The molecule has 0 saturated heterocycles. The van der Waals surface area contributed by atoms with Crippen LogP contribution in [-0.4, -0.2) is 16.0 Å². The third kappa shape index (κ3) is 4.57. The van der Waals surface area contributed by atoms with Gasteiger partial charge in [-0.15, -0.1) is 12.8 Å². The van der Waals surface area contributed by atoms with E-state index in [-0.39, 0.29) is 0 Å². The van der Waals surface area contributed by atoms with Gasteiger partial charge in [0.05, 0.1) is 6.61 Å². The van der Waals surface area contributed by atoms with E-state index in [1.165, 1.54) is 17.7 Å². The molecule has 0 bridgehead atoms. The van der Waals surface area contributed by atoms with E-state index in [1.807, 2.05) is 51.4 Å². The molecule has 1 aliphatic heterocycles. The van der Waals surface area contributed by atoms with Crippen LogP contribution in [0.25, 0.3) is 5.65 Å². The Morgan fingerprint density at radius 2 is 1.82 bits per heavy atom. The first-order valence-corrected chi connectivity index (χ1v) is 10.0. The number of imidazole rings is 1. The molecular weight excluding hydrogens is 344 g/mol. The van der Waals surface area contributed by atoms with Gasteiger partial charge in [-0.25, -0.2) is 4.98 Å². The molecule has 1 aliphatic carbocycles. The molecule has 3 heteroatoms. The molecule has 148 valence electrons. The highest BCUT2D eigenvalue weighted by molar-refractivity contribution is 5.47. The van der Waals surface area contributed by atoms with Crippen molar-refractivity contribution in [2.24, 2.45) is 5.41 Å². The Hall–Kier alpha value is -2.73. The number of aromatic nitrogens is 2. The number of hydrogen-bond acceptors (Lipinski definition) is 2. The topological polar surface area (TPSA) is 26.5 Å². The molecule has 2 aliphatic rings. The Kier molecular flexibility index (Phi) is 7.29. The molecule has 1 saturated carbocycles. The fraction of sp³-hybridized carbons (Fsp3) is 0.400. The lowest BCUT2D eigenvalue weighted by atomic mass is 9.97. The van der Waals surface area contributed by atoms with Crippen LogP contribution in [0.2, 0.25) is 0 Å². The van der Waals surface area contributed by atoms with Crippen LogP contribution in [0.3, 0.4) is 0 Å². The quantitative estimate of drug-likeness (QED) is 0.483. The smallest absolute Gasteiger partial charge is 0.136 e. The molecule has 0 unspecified atom stereocenters. The third-order valence-corrected chi connectivity index (χ3v) is 5.27. The molecule has 2 aromatic heterocycles. The van der Waals surface area contributed by atoms with Crippen molar-refractivity contribution in [3.8, 4) is 18.6 Å². The lowest BCUT2D eigenvalue weighted by Gasteiger charge is -2.08. The minimum atomic E-state index is 0.526. The summed E-state index contributed by atoms with van der Waals surface area (Å²) in [5.74, 6) is 1.91. The molecular formula is C25H32N2O. The third-order valence-electron chi connectivity index (χ3n) is 5.27. The normalized spacial score (nSPS) is 17.5. The Bertz CT molecular complexity index is 920. The number of benzene rings is 1. The molecule has 1 aromatic carbocycles. The Balaban J connectivity index is 0.000000177. The van der Waals surface area contributed by atoms with E-state index >= 15 is 0 Å². The van der Waals surface area contributed by atoms with Gasteiger partial charge in [-0.1, -0.05) is 45.9 Å². The zero-order chi connectivity index (χ0) is 20.7. The van der Waals surface area contributed by atoms with Gasteiger partial charge in [0.15, 0.2) is 0 Å². The van der Waals surface area contributed by atoms with Crippen molar-refractivity contribution in [2.75, 3.05) is 6.61 Å². The monoisotopic (exact) mass is 376 g/mol. The van der Waals surface area contributed by atoms with E-state index in [4.69, 9.17) is 4.74 Å². The van der Waals surface area contributed by atoms with Gasteiger partial charge in [0.1, 0.15) is 11.4 Å². The van der Waals surface area contributed by atoms with E-state index in [0.29, 0.717) is 5.41 Å². The molecule has 0 radical (unpaired) electrons. The zero-order valence-electron chi connectivity index (χ0n) is 17.8. The number of aryl methyl sites for hydroxylation is 1. The minimum Gasteiger partial charge on any atom is -0.493 e. The first kappa shape index (κ1) is 21.6. The summed E-state index contributed by atoms with van der Waals surface area (Å²) in [4.78, 5) is 4.18. The number of nitrogens with zero attached hydrogens (tertiary/aromatic N) is 2. The predicted molar refractivity (Wildman–Crippen MR) is 118 cm³/mol. The Morgan fingerprint density at radius 3 is 2.46 bits per heavy atom. The highest BCUT2D eigenvalue weighted by Crippen LogP contribution is 2.60. The standard InChI is InChI=1S/C13H16O.C8H8N2.C2H6.C2H2/c1-13(2)8-11(13)9-4-3-5-12-10(9)6-7-14-12;1-7-6-9-8-4-2-3-5-10(7)8;2*1-2/h3-5,11H,6-8H2,1-2H3;2-6H,1H3;1-2H3;1-2H/t11-;;;/m0.../s1. The molecule has 0 N–H and O–H groups in total. The van der Waals surface area contributed by atoms with Crippen LogP contribution in [-0.2, 0) is 6.42 Å². The predicted octanol–water partition coefficient (Wildman–Crippen LogP) is 6.05. The number of rotatable bonds is 1. The van der Waals surface area contributed by atoms with Crippen LogP contribution < -0.4 is 4.74 Å². The van der Waals surface area contributed by atoms with Crippen molar-refractivity contribution in [3.63, 3.8) is 0 Å². The molecule has 0 amide bonds. The molecule has 1 fully saturated rings. The summed E-state index contributed by atoms with van der Waals surface area (Å²) >= 11 is 0. The van der Waals surface area contributed by atoms with Gasteiger partial charge in [-0.2, -0.15) is 0 Å². The second kappa shape index (κ2) is 9.46. The molecule has 0 spiro atoms. The SMILES string of the molecule is C#C.CC.CC1(C)C[C@H]1c1cccc2c1CCO2.Cc1cnc2ccccn12. The summed E-state index contributed by atoms with van der Waals surface area (Å²) in [6, 6.07) is 12.5. The van der Waals surface area contributed by atoms with Crippen LogP contribution >= 0.6 is 0 Å². The van der Waals surface area contributed by atoms with Crippen molar-refractivity contribution in [1.82, 2.24) is 9.38 Å². The van der Waals surface area contributed by atoms with Gasteiger partial charge < -0.3 is 9.14 Å². The fourth-order valence-corrected chi connectivity index (χ4v) is 3.63. The van der Waals surface area contributed by atoms with Crippen molar-refractivity contribution in [3.05, 3.63) is 65.6 Å². The largest absolute Gasteiger partial charge is 0.493 e. The highest BCUT2D eigenvalue weighted by Gasteiger charge is 2.47. The van der Waals surface area contributed by atoms with Gasteiger partial charge >= 0.3 is 0 Å². The molecule has 3 heterocycles. The number of hydrogen-bond donors (Lipinski definition) is 0. The van der Waals surface area contributed by atoms with Gasteiger partial charge in [-0.3, -0.25) is 0 Å². The number of fused-ring (bicyclic) bond motifs is 2. The number of ether oxygens (including phenoxy) is 1. The molecule has 3 aromatic rings. The van der Waals surface area contributed by atoms with E-state index in [0.717, 1.165) is 30.3 Å². The summed E-state index contributed by atoms with van der Waals surface area (Å²) in [6.07, 6.45) is 14.3. The summed E-state index contributed by atoms with van der Waals surface area (Å²) in [6.45, 7) is 11.6. The van der Waals surface area contributed by atoms with E-state index in [9.17, 15) is 0 Å². The second-order valence-corrected chi connectivity index (χ2v) is 7.50. The van der Waals surface area contributed by atoms with E-state index in [2.05, 4.69) is 54.3 Å². The van der Waals surface area contributed by atoms with Crippen molar-refractivity contribution in [1.29, 1.82) is 0 Å². The zero-order valence-corrected chi connectivity index (χ0v) is 17.8. The highest BCUT2D eigenvalue weighted by atomic mass is 16.5. The maximum Gasteiger partial charge on any atom is 0.136 e. The van der Waals surface area contributed by atoms with Crippen LogP contribution in [0.1, 0.15) is 56.9 Å². The average molecular weight is 377 g/mol. The van der Waals surface area contributed by atoms with Crippen LogP contribution in [0.5, 0.6) is 5.75 Å². The van der Waals surface area contributed by atoms with E-state index < -0.39 is 0 Å². The first-order valence-electron chi connectivity index (χ1n) is 10.0. The molecule has 3 nitrogen and oxygen atoms in total. The van der Waals surface area contributed by atoms with Crippen molar-refractivity contribution in [2.45, 2.75) is 53.4 Å². The molecule has 28 heavy (non-hydrogen) atoms. The van der Waals surface area contributed by atoms with Gasteiger partial charge in [0.2, 0.25) is 0 Å². The van der Waals surface area contributed by atoms with Gasteiger partial charge in [0.25, 0.3) is 0 Å².